The highest BCUT2D eigenvalue weighted by atomic mass is 32.2. The van der Waals surface area contributed by atoms with Crippen LogP contribution in [0.4, 0.5) is 5.95 Å². The van der Waals surface area contributed by atoms with Gasteiger partial charge in [-0.15, -0.1) is 0 Å². The van der Waals surface area contributed by atoms with Crippen molar-refractivity contribution in [3.63, 3.8) is 0 Å². The third kappa shape index (κ3) is 4.39. The summed E-state index contributed by atoms with van der Waals surface area (Å²) in [5.74, 6) is 0.485. The average Bonchev–Trinajstić information content (AvgIpc) is 2.51. The monoisotopic (exact) mass is 357 g/mol. The smallest absolute Gasteiger partial charge is 0.237 e. The number of hydrogen-bond donors (Lipinski definition) is 1. The van der Waals surface area contributed by atoms with Crippen LogP contribution < -0.4 is 5.32 Å². The van der Waals surface area contributed by atoms with E-state index < -0.39 is 0 Å². The first kappa shape index (κ1) is 17.5. The fourth-order valence-corrected chi connectivity index (χ4v) is 3.49. The third-order valence-corrected chi connectivity index (χ3v) is 4.64. The topological polar surface area (TPSA) is 97.7 Å². The van der Waals surface area contributed by atoms with E-state index in [1.165, 1.54) is 18.0 Å². The molecule has 1 aliphatic carbocycles. The van der Waals surface area contributed by atoms with Gasteiger partial charge in [-0.1, -0.05) is 18.7 Å². The second kappa shape index (κ2) is 7.26. The molecule has 130 valence electrons. The zero-order valence-electron chi connectivity index (χ0n) is 14.4. The van der Waals surface area contributed by atoms with E-state index in [1.54, 1.807) is 0 Å². The molecule has 0 aromatic carbocycles. The van der Waals surface area contributed by atoms with Gasteiger partial charge in [0, 0.05) is 24.0 Å². The van der Waals surface area contributed by atoms with Crippen molar-refractivity contribution >= 4 is 29.4 Å². The first-order chi connectivity index (χ1) is 11.9. The molecule has 0 saturated heterocycles. The Kier molecular flexibility index (Phi) is 5.08. The summed E-state index contributed by atoms with van der Waals surface area (Å²) in [5, 5.41) is 3.24. The number of anilines is 1. The lowest BCUT2D eigenvalue weighted by atomic mass is 9.88. The van der Waals surface area contributed by atoms with Gasteiger partial charge < -0.3 is 0 Å². The number of aromatic nitrogens is 4. The fourth-order valence-electron chi connectivity index (χ4n) is 2.74. The molecule has 0 bridgehead atoms. The number of carbonyl (C=O) groups excluding carboxylic acids is 2. The molecule has 2 aromatic heterocycles. The Morgan fingerprint density at radius 2 is 1.96 bits per heavy atom. The van der Waals surface area contributed by atoms with E-state index >= 15 is 0 Å². The van der Waals surface area contributed by atoms with Crippen molar-refractivity contribution in [1.29, 1.82) is 0 Å². The van der Waals surface area contributed by atoms with Gasteiger partial charge >= 0.3 is 0 Å². The minimum Gasteiger partial charge on any atom is -0.294 e. The second-order valence-electron chi connectivity index (χ2n) is 6.26. The van der Waals surface area contributed by atoms with Gasteiger partial charge in [0.1, 0.15) is 0 Å². The van der Waals surface area contributed by atoms with Crippen molar-refractivity contribution in [2.45, 2.75) is 38.8 Å². The first-order valence-corrected chi connectivity index (χ1v) is 9.03. The van der Waals surface area contributed by atoms with Crippen molar-refractivity contribution in [2.24, 2.45) is 5.92 Å². The van der Waals surface area contributed by atoms with E-state index in [4.69, 9.17) is 0 Å². The van der Waals surface area contributed by atoms with E-state index in [0.717, 1.165) is 17.8 Å². The minimum absolute atomic E-state index is 0.0640. The number of fused-ring (bicyclic) bond motifs is 1. The van der Waals surface area contributed by atoms with Crippen LogP contribution in [-0.4, -0.2) is 37.4 Å². The molecular formula is C17H19N5O2S. The highest BCUT2D eigenvalue weighted by molar-refractivity contribution is 7.99. The number of nitrogens with one attached hydrogen (secondary N) is 1. The summed E-state index contributed by atoms with van der Waals surface area (Å²) in [6.45, 7) is 5.80. The minimum atomic E-state index is -0.233. The van der Waals surface area contributed by atoms with E-state index in [-0.39, 0.29) is 29.3 Å². The Bertz CT molecular complexity index is 820. The van der Waals surface area contributed by atoms with E-state index in [1.807, 2.05) is 26.8 Å². The molecule has 0 aliphatic heterocycles. The summed E-state index contributed by atoms with van der Waals surface area (Å²) < 4.78 is 0. The van der Waals surface area contributed by atoms with Gasteiger partial charge in [0.15, 0.2) is 10.9 Å². The van der Waals surface area contributed by atoms with Crippen LogP contribution in [0.2, 0.25) is 0 Å². The van der Waals surface area contributed by atoms with E-state index in [9.17, 15) is 9.59 Å². The highest BCUT2D eigenvalue weighted by Gasteiger charge is 2.24. The molecule has 2 heterocycles. The molecule has 1 amide bonds. The Hall–Kier alpha value is -2.35. The maximum Gasteiger partial charge on any atom is 0.237 e. The molecule has 0 saturated carbocycles. The van der Waals surface area contributed by atoms with Gasteiger partial charge in [-0.3, -0.25) is 14.9 Å². The highest BCUT2D eigenvalue weighted by Crippen LogP contribution is 2.24. The Morgan fingerprint density at radius 3 is 2.68 bits per heavy atom. The van der Waals surface area contributed by atoms with Crippen LogP contribution in [0.1, 0.15) is 40.8 Å². The molecule has 8 heteroatoms. The molecule has 0 radical (unpaired) electrons. The Morgan fingerprint density at radius 1 is 1.24 bits per heavy atom. The van der Waals surface area contributed by atoms with Crippen LogP contribution in [0.5, 0.6) is 0 Å². The van der Waals surface area contributed by atoms with E-state index in [0.29, 0.717) is 22.8 Å². The van der Waals surface area contributed by atoms with Gasteiger partial charge in [0.25, 0.3) is 0 Å². The molecule has 0 fully saturated rings. The molecule has 1 N–H and O–H groups in total. The maximum absolute atomic E-state index is 12.1. The third-order valence-electron chi connectivity index (χ3n) is 3.79. The van der Waals surface area contributed by atoms with Crippen molar-refractivity contribution in [2.75, 3.05) is 11.1 Å². The number of carbonyl (C=O) groups is 2. The SMILES string of the molecule is Cc1cc(C)nc(SCC(=O)Nc2ncc3c(n2)CC(C)CC3=O)n1. The van der Waals surface area contributed by atoms with Crippen molar-refractivity contribution in [1.82, 2.24) is 19.9 Å². The number of aryl methyl sites for hydroxylation is 2. The number of nitrogens with zero attached hydrogens (tertiary/aromatic N) is 4. The molecule has 7 nitrogen and oxygen atoms in total. The molecule has 1 atom stereocenters. The van der Waals surface area contributed by atoms with Gasteiger partial charge in [0.2, 0.25) is 11.9 Å². The predicted octanol–water partition coefficient (Wildman–Crippen LogP) is 2.38. The molecule has 1 aliphatic rings. The summed E-state index contributed by atoms with van der Waals surface area (Å²) in [6, 6.07) is 1.88. The lowest BCUT2D eigenvalue weighted by Gasteiger charge is -2.19. The van der Waals surface area contributed by atoms with Crippen LogP contribution >= 0.6 is 11.8 Å². The van der Waals surface area contributed by atoms with Crippen LogP contribution in [0.25, 0.3) is 0 Å². The number of ketones is 1. The van der Waals surface area contributed by atoms with Crippen molar-refractivity contribution in [3.05, 3.63) is 34.9 Å². The fraction of sp³-hybridized carbons (Fsp3) is 0.412. The number of hydrogen-bond acceptors (Lipinski definition) is 7. The lowest BCUT2D eigenvalue weighted by molar-refractivity contribution is -0.113. The number of amides is 1. The zero-order chi connectivity index (χ0) is 18.0. The summed E-state index contributed by atoms with van der Waals surface area (Å²) in [4.78, 5) is 41.1. The van der Waals surface area contributed by atoms with E-state index in [2.05, 4.69) is 25.3 Å². The normalized spacial score (nSPS) is 16.4. The zero-order valence-corrected chi connectivity index (χ0v) is 15.2. The summed E-state index contributed by atoms with van der Waals surface area (Å²) in [7, 11) is 0. The molecule has 0 spiro atoms. The summed E-state index contributed by atoms with van der Waals surface area (Å²) >= 11 is 1.26. The van der Waals surface area contributed by atoms with Gasteiger partial charge in [0.05, 0.1) is 17.0 Å². The first-order valence-electron chi connectivity index (χ1n) is 8.05. The largest absolute Gasteiger partial charge is 0.294 e. The van der Waals surface area contributed by atoms with Crippen molar-refractivity contribution in [3.8, 4) is 0 Å². The number of thioether (sulfide) groups is 1. The van der Waals surface area contributed by atoms with Gasteiger partial charge in [-0.2, -0.15) is 0 Å². The summed E-state index contributed by atoms with van der Waals surface area (Å²) in [6.07, 6.45) is 2.75. The molecule has 3 rings (SSSR count). The molecular weight excluding hydrogens is 338 g/mol. The Balaban J connectivity index is 1.63. The van der Waals surface area contributed by atoms with Gasteiger partial charge in [-0.05, 0) is 32.3 Å². The standard InChI is InChI=1S/C17H19N5O2S/c1-9-4-13-12(14(23)5-9)7-18-16(21-13)22-15(24)8-25-17-19-10(2)6-11(3)20-17/h6-7,9H,4-5,8H2,1-3H3,(H,18,21,22,24). The maximum atomic E-state index is 12.1. The van der Waals surface area contributed by atoms with Crippen LogP contribution in [0, 0.1) is 19.8 Å². The predicted molar refractivity (Wildman–Crippen MR) is 94.7 cm³/mol. The van der Waals surface area contributed by atoms with Crippen LogP contribution in [0.3, 0.4) is 0 Å². The molecule has 2 aromatic rings. The Labute approximate surface area is 150 Å². The van der Waals surface area contributed by atoms with Gasteiger partial charge in [-0.25, -0.2) is 19.9 Å². The number of rotatable bonds is 4. The van der Waals surface area contributed by atoms with Crippen LogP contribution in [-0.2, 0) is 11.2 Å². The average molecular weight is 357 g/mol. The van der Waals surface area contributed by atoms with Crippen LogP contribution in [0.15, 0.2) is 17.4 Å². The molecule has 1 unspecified atom stereocenters. The quantitative estimate of drug-likeness (QED) is 0.662. The molecule has 25 heavy (non-hydrogen) atoms. The van der Waals surface area contributed by atoms with Crippen molar-refractivity contribution < 1.29 is 9.59 Å². The summed E-state index contributed by atoms with van der Waals surface area (Å²) in [5.41, 5.74) is 3.01. The number of Topliss-reactive ketones (excluding diaryl/α,β-unsaturated/α-hetero) is 1. The lowest BCUT2D eigenvalue weighted by Crippen LogP contribution is -2.22. The second-order valence-corrected chi connectivity index (χ2v) is 7.20.